The van der Waals surface area contributed by atoms with Gasteiger partial charge in [-0.05, 0) is 32.1 Å². The first-order valence-corrected chi connectivity index (χ1v) is 6.14. The van der Waals surface area contributed by atoms with Crippen molar-refractivity contribution in [2.45, 2.75) is 51.0 Å². The molecule has 0 saturated heterocycles. The Morgan fingerprint density at radius 1 is 1.40 bits per heavy atom. The van der Waals surface area contributed by atoms with E-state index >= 15 is 0 Å². The fraction of sp³-hybridized carbons (Fsp3) is 1.00. The van der Waals surface area contributed by atoms with Crippen molar-refractivity contribution in [3.05, 3.63) is 0 Å². The molecular formula is C12H25NO2. The van der Waals surface area contributed by atoms with Crippen LogP contribution in [0.3, 0.4) is 0 Å². The predicted octanol–water partition coefficient (Wildman–Crippen LogP) is 1.68. The highest BCUT2D eigenvalue weighted by Gasteiger charge is 2.18. The second-order valence-electron chi connectivity index (χ2n) is 5.00. The highest BCUT2D eigenvalue weighted by atomic mass is 16.5. The SMILES string of the molecule is CC(O)(CN)CCCOCCC1CCC1. The Morgan fingerprint density at radius 2 is 2.13 bits per heavy atom. The second-order valence-corrected chi connectivity index (χ2v) is 5.00. The summed E-state index contributed by atoms with van der Waals surface area (Å²) in [6, 6.07) is 0. The van der Waals surface area contributed by atoms with Crippen molar-refractivity contribution < 1.29 is 9.84 Å². The lowest BCUT2D eigenvalue weighted by Crippen LogP contribution is -2.34. The smallest absolute Gasteiger partial charge is 0.0742 e. The molecule has 0 aliphatic heterocycles. The first-order valence-electron chi connectivity index (χ1n) is 6.14. The monoisotopic (exact) mass is 215 g/mol. The van der Waals surface area contributed by atoms with Crippen molar-refractivity contribution in [3.63, 3.8) is 0 Å². The maximum atomic E-state index is 9.63. The quantitative estimate of drug-likeness (QED) is 0.606. The molecular weight excluding hydrogens is 190 g/mol. The van der Waals surface area contributed by atoms with Crippen molar-refractivity contribution in [2.24, 2.45) is 11.7 Å². The zero-order valence-electron chi connectivity index (χ0n) is 9.87. The van der Waals surface area contributed by atoms with E-state index < -0.39 is 5.60 Å². The molecule has 0 radical (unpaired) electrons. The molecule has 0 spiro atoms. The van der Waals surface area contributed by atoms with Gasteiger partial charge in [0.05, 0.1) is 5.60 Å². The summed E-state index contributed by atoms with van der Waals surface area (Å²) in [5, 5.41) is 9.63. The third-order valence-corrected chi connectivity index (χ3v) is 3.34. The zero-order valence-corrected chi connectivity index (χ0v) is 9.87. The third-order valence-electron chi connectivity index (χ3n) is 3.34. The van der Waals surface area contributed by atoms with Gasteiger partial charge < -0.3 is 15.6 Å². The van der Waals surface area contributed by atoms with Crippen molar-refractivity contribution in [3.8, 4) is 0 Å². The molecule has 90 valence electrons. The third kappa shape index (κ3) is 5.50. The van der Waals surface area contributed by atoms with Crippen LogP contribution in [0.2, 0.25) is 0 Å². The molecule has 3 N–H and O–H groups in total. The molecule has 0 aromatic rings. The molecule has 1 unspecified atom stereocenters. The van der Waals surface area contributed by atoms with Gasteiger partial charge in [0.2, 0.25) is 0 Å². The second kappa shape index (κ2) is 6.46. The van der Waals surface area contributed by atoms with Crippen LogP contribution >= 0.6 is 0 Å². The van der Waals surface area contributed by atoms with Crippen molar-refractivity contribution in [1.29, 1.82) is 0 Å². The number of ether oxygens (including phenoxy) is 1. The van der Waals surface area contributed by atoms with E-state index in [0.717, 1.165) is 32.0 Å². The summed E-state index contributed by atoms with van der Waals surface area (Å²) in [4.78, 5) is 0. The van der Waals surface area contributed by atoms with Gasteiger partial charge in [-0.15, -0.1) is 0 Å². The number of hydrogen-bond acceptors (Lipinski definition) is 3. The van der Waals surface area contributed by atoms with Gasteiger partial charge in [-0.3, -0.25) is 0 Å². The topological polar surface area (TPSA) is 55.5 Å². The minimum atomic E-state index is -0.711. The molecule has 0 aromatic heterocycles. The summed E-state index contributed by atoms with van der Waals surface area (Å²) in [5.74, 6) is 0.928. The van der Waals surface area contributed by atoms with E-state index in [2.05, 4.69) is 0 Å². The maximum Gasteiger partial charge on any atom is 0.0742 e. The lowest BCUT2D eigenvalue weighted by molar-refractivity contribution is 0.0404. The molecule has 1 fully saturated rings. The average Bonchev–Trinajstić information content (AvgIpc) is 2.13. The Labute approximate surface area is 93.0 Å². The highest BCUT2D eigenvalue weighted by Crippen LogP contribution is 2.29. The van der Waals surface area contributed by atoms with Gasteiger partial charge in [0.25, 0.3) is 0 Å². The first-order chi connectivity index (χ1) is 7.14. The van der Waals surface area contributed by atoms with Gasteiger partial charge in [0, 0.05) is 19.8 Å². The van der Waals surface area contributed by atoms with E-state index in [0.29, 0.717) is 6.54 Å². The summed E-state index contributed by atoms with van der Waals surface area (Å²) in [6.45, 7) is 3.74. The number of rotatable bonds is 8. The summed E-state index contributed by atoms with van der Waals surface area (Å²) in [7, 11) is 0. The van der Waals surface area contributed by atoms with Crippen molar-refractivity contribution >= 4 is 0 Å². The van der Waals surface area contributed by atoms with E-state index in [4.69, 9.17) is 10.5 Å². The molecule has 0 bridgehead atoms. The molecule has 15 heavy (non-hydrogen) atoms. The Kier molecular flexibility index (Phi) is 5.58. The van der Waals surface area contributed by atoms with E-state index in [1.54, 1.807) is 6.92 Å². The van der Waals surface area contributed by atoms with Crippen molar-refractivity contribution in [2.75, 3.05) is 19.8 Å². The maximum absolute atomic E-state index is 9.63. The van der Waals surface area contributed by atoms with Crippen LogP contribution in [0.4, 0.5) is 0 Å². The summed E-state index contributed by atoms with van der Waals surface area (Å²) in [5.41, 5.74) is 4.71. The average molecular weight is 215 g/mol. The molecule has 1 saturated carbocycles. The van der Waals surface area contributed by atoms with Crippen LogP contribution < -0.4 is 5.73 Å². The van der Waals surface area contributed by atoms with Crippen LogP contribution in [0.5, 0.6) is 0 Å². The van der Waals surface area contributed by atoms with Gasteiger partial charge in [-0.25, -0.2) is 0 Å². The predicted molar refractivity (Wildman–Crippen MR) is 61.7 cm³/mol. The Hall–Kier alpha value is -0.120. The highest BCUT2D eigenvalue weighted by molar-refractivity contribution is 4.72. The molecule has 1 rings (SSSR count). The Bertz CT molecular complexity index is 167. The van der Waals surface area contributed by atoms with Crippen LogP contribution in [0.1, 0.15) is 45.4 Å². The lowest BCUT2D eigenvalue weighted by Gasteiger charge is -2.25. The largest absolute Gasteiger partial charge is 0.389 e. The van der Waals surface area contributed by atoms with Gasteiger partial charge in [-0.2, -0.15) is 0 Å². The minimum absolute atomic E-state index is 0.328. The summed E-state index contributed by atoms with van der Waals surface area (Å²) >= 11 is 0. The fourth-order valence-electron chi connectivity index (χ4n) is 1.79. The molecule has 0 heterocycles. The van der Waals surface area contributed by atoms with E-state index in [1.807, 2.05) is 0 Å². The van der Waals surface area contributed by atoms with Crippen LogP contribution in [0, 0.1) is 5.92 Å². The molecule has 0 aromatic carbocycles. The Balaban J connectivity index is 1.84. The van der Waals surface area contributed by atoms with Crippen LogP contribution in [0.15, 0.2) is 0 Å². The van der Waals surface area contributed by atoms with Gasteiger partial charge >= 0.3 is 0 Å². The van der Waals surface area contributed by atoms with Crippen molar-refractivity contribution in [1.82, 2.24) is 0 Å². The first kappa shape index (κ1) is 12.9. The molecule has 1 aliphatic carbocycles. The fourth-order valence-corrected chi connectivity index (χ4v) is 1.79. The van der Waals surface area contributed by atoms with E-state index in [1.165, 1.54) is 25.7 Å². The Morgan fingerprint density at radius 3 is 2.67 bits per heavy atom. The molecule has 1 atom stereocenters. The zero-order chi connectivity index (χ0) is 11.1. The van der Waals surface area contributed by atoms with E-state index in [9.17, 15) is 5.11 Å². The lowest BCUT2D eigenvalue weighted by atomic mass is 9.83. The van der Waals surface area contributed by atoms with Gasteiger partial charge in [0.1, 0.15) is 0 Å². The van der Waals surface area contributed by atoms with Gasteiger partial charge in [-0.1, -0.05) is 19.3 Å². The van der Waals surface area contributed by atoms with Gasteiger partial charge in [0.15, 0.2) is 0 Å². The van der Waals surface area contributed by atoms with Crippen LogP contribution in [-0.2, 0) is 4.74 Å². The number of nitrogens with two attached hydrogens (primary N) is 1. The van der Waals surface area contributed by atoms with Crippen LogP contribution in [0.25, 0.3) is 0 Å². The number of aliphatic hydroxyl groups is 1. The number of hydrogen-bond donors (Lipinski definition) is 2. The molecule has 3 heteroatoms. The van der Waals surface area contributed by atoms with E-state index in [-0.39, 0.29) is 0 Å². The summed E-state index contributed by atoms with van der Waals surface area (Å²) < 4.78 is 5.53. The standard InChI is InChI=1S/C12H25NO2/c1-12(14,10-13)7-3-8-15-9-6-11-4-2-5-11/h11,14H,2-10,13H2,1H3. The molecule has 3 nitrogen and oxygen atoms in total. The molecule has 0 amide bonds. The normalized spacial score (nSPS) is 21.0. The summed E-state index contributed by atoms with van der Waals surface area (Å²) in [6.07, 6.45) is 7.04. The molecule has 1 aliphatic rings. The minimum Gasteiger partial charge on any atom is -0.389 e. The van der Waals surface area contributed by atoms with Crippen LogP contribution in [-0.4, -0.2) is 30.5 Å².